The smallest absolute Gasteiger partial charge is 0.236 e. The van der Waals surface area contributed by atoms with Crippen LogP contribution in [0.15, 0.2) is 33.8 Å². The highest BCUT2D eigenvalue weighted by Crippen LogP contribution is 2.26. The van der Waals surface area contributed by atoms with Crippen molar-refractivity contribution in [2.75, 3.05) is 16.8 Å². The highest BCUT2D eigenvalue weighted by molar-refractivity contribution is 8.01. The summed E-state index contributed by atoms with van der Waals surface area (Å²) in [5.41, 5.74) is 0.729. The van der Waals surface area contributed by atoms with E-state index < -0.39 is 0 Å². The van der Waals surface area contributed by atoms with Gasteiger partial charge in [-0.15, -0.1) is 15.3 Å². The van der Waals surface area contributed by atoms with E-state index in [1.54, 1.807) is 23.9 Å². The SMILES string of the molecule is CCCSc1nnc(NC(=O)CSc2nnnn2-c2cccc(Cl)c2)s1. The van der Waals surface area contributed by atoms with E-state index in [0.717, 1.165) is 22.2 Å². The fraction of sp³-hybridized carbons (Fsp3) is 0.286. The number of rotatable bonds is 8. The second-order valence-corrected chi connectivity index (χ2v) is 8.61. The molecule has 0 saturated carbocycles. The molecule has 2 heterocycles. The third-order valence-electron chi connectivity index (χ3n) is 2.91. The first-order valence-electron chi connectivity index (χ1n) is 7.59. The van der Waals surface area contributed by atoms with Crippen molar-refractivity contribution in [1.29, 1.82) is 0 Å². The molecule has 0 aliphatic heterocycles. The van der Waals surface area contributed by atoms with Crippen molar-refractivity contribution in [1.82, 2.24) is 30.4 Å². The molecule has 2 aromatic heterocycles. The fourth-order valence-corrected chi connectivity index (χ4v) is 4.40. The first kappa shape index (κ1) is 19.1. The second-order valence-electron chi connectivity index (χ2n) is 4.91. The third kappa shape index (κ3) is 5.16. The van der Waals surface area contributed by atoms with Crippen molar-refractivity contribution in [3.63, 3.8) is 0 Å². The minimum atomic E-state index is -0.196. The van der Waals surface area contributed by atoms with Gasteiger partial charge in [0, 0.05) is 10.8 Å². The molecule has 0 aliphatic rings. The molecule has 1 aromatic carbocycles. The van der Waals surface area contributed by atoms with Crippen molar-refractivity contribution >= 4 is 57.5 Å². The number of nitrogens with zero attached hydrogens (tertiary/aromatic N) is 6. The molecule has 8 nitrogen and oxygen atoms in total. The molecule has 12 heteroatoms. The van der Waals surface area contributed by atoms with Gasteiger partial charge in [-0.1, -0.05) is 59.5 Å². The minimum absolute atomic E-state index is 0.151. The van der Waals surface area contributed by atoms with E-state index in [4.69, 9.17) is 11.6 Å². The lowest BCUT2D eigenvalue weighted by Gasteiger charge is -2.04. The molecule has 0 saturated heterocycles. The number of hydrogen-bond acceptors (Lipinski definition) is 9. The monoisotopic (exact) mass is 427 g/mol. The maximum absolute atomic E-state index is 12.1. The summed E-state index contributed by atoms with van der Waals surface area (Å²) >= 11 is 10.2. The molecule has 0 fully saturated rings. The quantitative estimate of drug-likeness (QED) is 0.431. The zero-order chi connectivity index (χ0) is 18.4. The van der Waals surface area contributed by atoms with Gasteiger partial charge in [0.25, 0.3) is 0 Å². The molecular weight excluding hydrogens is 414 g/mol. The molecule has 26 heavy (non-hydrogen) atoms. The van der Waals surface area contributed by atoms with Gasteiger partial charge in [-0.2, -0.15) is 4.68 Å². The summed E-state index contributed by atoms with van der Waals surface area (Å²) in [5, 5.41) is 23.9. The Labute approximate surface area is 167 Å². The van der Waals surface area contributed by atoms with E-state index >= 15 is 0 Å². The lowest BCUT2D eigenvalue weighted by Crippen LogP contribution is -2.14. The van der Waals surface area contributed by atoms with Gasteiger partial charge in [0.2, 0.25) is 16.2 Å². The maximum Gasteiger partial charge on any atom is 0.236 e. The Bertz CT molecular complexity index is 885. The van der Waals surface area contributed by atoms with Crippen LogP contribution in [0.25, 0.3) is 5.69 Å². The Kier molecular flexibility index (Phi) is 6.83. The molecule has 136 valence electrons. The number of nitrogens with one attached hydrogen (secondary N) is 1. The summed E-state index contributed by atoms with van der Waals surface area (Å²) in [6.07, 6.45) is 1.06. The summed E-state index contributed by atoms with van der Waals surface area (Å²) in [6, 6.07) is 7.16. The molecule has 1 N–H and O–H groups in total. The Morgan fingerprint density at radius 3 is 3.00 bits per heavy atom. The number of benzene rings is 1. The Morgan fingerprint density at radius 1 is 1.31 bits per heavy atom. The van der Waals surface area contributed by atoms with Crippen molar-refractivity contribution < 1.29 is 4.79 Å². The van der Waals surface area contributed by atoms with E-state index in [-0.39, 0.29) is 11.7 Å². The van der Waals surface area contributed by atoms with Crippen LogP contribution in [0.3, 0.4) is 0 Å². The van der Waals surface area contributed by atoms with E-state index in [9.17, 15) is 4.79 Å². The van der Waals surface area contributed by atoms with Gasteiger partial charge in [-0.05, 0) is 35.0 Å². The van der Waals surface area contributed by atoms with Crippen LogP contribution >= 0.6 is 46.5 Å². The minimum Gasteiger partial charge on any atom is -0.300 e. The first-order chi connectivity index (χ1) is 12.7. The average molecular weight is 428 g/mol. The maximum atomic E-state index is 12.1. The largest absolute Gasteiger partial charge is 0.300 e. The number of anilines is 1. The Balaban J connectivity index is 1.57. The predicted octanol–water partition coefficient (Wildman–Crippen LogP) is 3.40. The summed E-state index contributed by atoms with van der Waals surface area (Å²) in [4.78, 5) is 12.1. The van der Waals surface area contributed by atoms with E-state index in [1.807, 2.05) is 12.1 Å². The summed E-state index contributed by atoms with van der Waals surface area (Å²) < 4.78 is 2.38. The molecule has 0 spiro atoms. The lowest BCUT2D eigenvalue weighted by molar-refractivity contribution is -0.113. The highest BCUT2D eigenvalue weighted by Gasteiger charge is 2.13. The summed E-state index contributed by atoms with van der Waals surface area (Å²) in [7, 11) is 0. The highest BCUT2D eigenvalue weighted by atomic mass is 35.5. The number of hydrogen-bond donors (Lipinski definition) is 1. The van der Waals surface area contributed by atoms with Crippen molar-refractivity contribution in [3.05, 3.63) is 29.3 Å². The third-order valence-corrected chi connectivity index (χ3v) is 6.24. The number of carbonyl (C=O) groups is 1. The molecule has 3 aromatic rings. The number of amides is 1. The van der Waals surface area contributed by atoms with Crippen molar-refractivity contribution in [3.8, 4) is 5.69 Å². The number of aromatic nitrogens is 6. The molecule has 0 bridgehead atoms. The molecular formula is C14H14ClN7OS3. The molecule has 1 amide bonds. The van der Waals surface area contributed by atoms with Crippen molar-refractivity contribution in [2.45, 2.75) is 22.8 Å². The standard InChI is InChI=1S/C14H14ClN7OS3/c1-2-6-24-14-19-17-12(26-14)16-11(23)8-25-13-18-20-21-22(13)10-5-3-4-9(15)7-10/h3-5,7H,2,6,8H2,1H3,(H,16,17,23). The van der Waals surface area contributed by atoms with Gasteiger partial charge in [0.05, 0.1) is 11.4 Å². The van der Waals surface area contributed by atoms with Gasteiger partial charge in [0.1, 0.15) is 0 Å². The van der Waals surface area contributed by atoms with E-state index in [0.29, 0.717) is 15.3 Å². The van der Waals surface area contributed by atoms with E-state index in [2.05, 4.69) is 38.0 Å². The first-order valence-corrected chi connectivity index (χ1v) is 10.8. The second kappa shape index (κ2) is 9.31. The predicted molar refractivity (Wildman–Crippen MR) is 104 cm³/mol. The fourth-order valence-electron chi connectivity index (χ4n) is 1.83. The molecule has 3 rings (SSSR count). The molecule has 0 aliphatic carbocycles. The summed E-state index contributed by atoms with van der Waals surface area (Å²) in [6.45, 7) is 2.10. The zero-order valence-electron chi connectivity index (χ0n) is 13.6. The molecule has 0 unspecified atom stereocenters. The average Bonchev–Trinajstić information content (AvgIpc) is 3.27. The van der Waals surface area contributed by atoms with Crippen LogP contribution in [0, 0.1) is 0 Å². The Morgan fingerprint density at radius 2 is 2.19 bits per heavy atom. The van der Waals surface area contributed by atoms with Gasteiger partial charge in [-0.25, -0.2) is 0 Å². The van der Waals surface area contributed by atoms with Gasteiger partial charge in [-0.3, -0.25) is 10.1 Å². The Hall–Kier alpha value is -1.69. The number of halogens is 1. The lowest BCUT2D eigenvalue weighted by atomic mass is 10.3. The van der Waals surface area contributed by atoms with Crippen LogP contribution in [0.1, 0.15) is 13.3 Å². The van der Waals surface area contributed by atoms with Crippen LogP contribution in [-0.4, -0.2) is 47.8 Å². The van der Waals surface area contributed by atoms with Crippen LogP contribution in [0.2, 0.25) is 5.02 Å². The molecule has 0 radical (unpaired) electrons. The van der Waals surface area contributed by atoms with Crippen LogP contribution < -0.4 is 5.32 Å². The zero-order valence-corrected chi connectivity index (χ0v) is 16.8. The number of carbonyl (C=O) groups excluding carboxylic acids is 1. The number of thioether (sulfide) groups is 2. The molecule has 0 atom stereocenters. The topological polar surface area (TPSA) is 98.5 Å². The van der Waals surface area contributed by atoms with Gasteiger partial charge >= 0.3 is 0 Å². The van der Waals surface area contributed by atoms with Gasteiger partial charge < -0.3 is 0 Å². The van der Waals surface area contributed by atoms with Crippen LogP contribution in [-0.2, 0) is 4.79 Å². The normalized spacial score (nSPS) is 10.8. The van der Waals surface area contributed by atoms with Crippen LogP contribution in [0.5, 0.6) is 0 Å². The number of tetrazole rings is 1. The summed E-state index contributed by atoms with van der Waals surface area (Å²) in [5.74, 6) is 0.932. The van der Waals surface area contributed by atoms with Gasteiger partial charge in [0.15, 0.2) is 4.34 Å². The van der Waals surface area contributed by atoms with Crippen molar-refractivity contribution in [2.24, 2.45) is 0 Å². The van der Waals surface area contributed by atoms with Crippen LogP contribution in [0.4, 0.5) is 5.13 Å². The van der Waals surface area contributed by atoms with E-state index in [1.165, 1.54) is 27.8 Å².